The molecule has 0 aliphatic heterocycles. The second-order valence-corrected chi connectivity index (χ2v) is 7.07. The van der Waals surface area contributed by atoms with E-state index in [1.807, 2.05) is 29.5 Å². The summed E-state index contributed by atoms with van der Waals surface area (Å²) in [6.07, 6.45) is 2.56. The number of ether oxygens (including phenoxy) is 1. The molecule has 122 valence electrons. The van der Waals surface area contributed by atoms with Crippen molar-refractivity contribution in [2.75, 3.05) is 6.61 Å². The molecule has 1 aliphatic rings. The smallest absolute Gasteiger partial charge is 0.255 e. The number of thiophene rings is 1. The number of hydrogen-bond acceptors (Lipinski definition) is 4. The lowest BCUT2D eigenvalue weighted by molar-refractivity contribution is -0.119. The van der Waals surface area contributed by atoms with Gasteiger partial charge in [-0.3, -0.25) is 9.69 Å². The Morgan fingerprint density at radius 2 is 2.17 bits per heavy atom. The summed E-state index contributed by atoms with van der Waals surface area (Å²) in [5.74, 6) is 0.243. The average Bonchev–Trinajstić information content (AvgIpc) is 3.30. The van der Waals surface area contributed by atoms with E-state index in [2.05, 4.69) is 29.3 Å². The standard InChI is InChI=1S/C18H22N2O2S/c1-13-7-8-23-17(13)11-20(15-5-6-15)10-14-3-2-4-16(9-14)22-12-18(19)21/h2-4,7-9,15H,5-6,10-12H2,1H3,(H2,19,21). The van der Waals surface area contributed by atoms with Crippen LogP contribution < -0.4 is 10.5 Å². The zero-order valence-electron chi connectivity index (χ0n) is 13.3. The van der Waals surface area contributed by atoms with Gasteiger partial charge in [-0.15, -0.1) is 11.3 Å². The largest absolute Gasteiger partial charge is 0.484 e. The highest BCUT2D eigenvalue weighted by molar-refractivity contribution is 7.10. The van der Waals surface area contributed by atoms with Crippen molar-refractivity contribution in [2.24, 2.45) is 5.73 Å². The Hall–Kier alpha value is -1.85. The van der Waals surface area contributed by atoms with E-state index in [1.165, 1.54) is 28.8 Å². The van der Waals surface area contributed by atoms with Crippen LogP contribution in [0.15, 0.2) is 35.7 Å². The molecule has 4 nitrogen and oxygen atoms in total. The Bertz CT molecular complexity index is 679. The molecule has 1 aliphatic carbocycles. The molecule has 2 N–H and O–H groups in total. The van der Waals surface area contributed by atoms with Crippen LogP contribution in [0, 0.1) is 6.92 Å². The van der Waals surface area contributed by atoms with E-state index in [4.69, 9.17) is 10.5 Å². The van der Waals surface area contributed by atoms with Gasteiger partial charge in [-0.1, -0.05) is 12.1 Å². The summed E-state index contributed by atoms with van der Waals surface area (Å²) in [7, 11) is 0. The monoisotopic (exact) mass is 330 g/mol. The highest BCUT2D eigenvalue weighted by Gasteiger charge is 2.29. The number of carbonyl (C=O) groups excluding carboxylic acids is 1. The minimum Gasteiger partial charge on any atom is -0.484 e. The highest BCUT2D eigenvalue weighted by atomic mass is 32.1. The lowest BCUT2D eigenvalue weighted by Crippen LogP contribution is -2.25. The number of primary amides is 1. The summed E-state index contributed by atoms with van der Waals surface area (Å²) >= 11 is 1.83. The third-order valence-electron chi connectivity index (χ3n) is 4.04. The minimum absolute atomic E-state index is 0.0792. The van der Waals surface area contributed by atoms with E-state index < -0.39 is 5.91 Å². The molecule has 5 heteroatoms. The zero-order chi connectivity index (χ0) is 16.2. The van der Waals surface area contributed by atoms with Gasteiger partial charge in [0.1, 0.15) is 5.75 Å². The summed E-state index contributed by atoms with van der Waals surface area (Å²) in [4.78, 5) is 14.8. The van der Waals surface area contributed by atoms with Gasteiger partial charge in [-0.25, -0.2) is 0 Å². The Morgan fingerprint density at radius 3 is 2.83 bits per heavy atom. The molecule has 1 heterocycles. The van der Waals surface area contributed by atoms with Crippen molar-refractivity contribution in [3.05, 3.63) is 51.7 Å². The summed E-state index contributed by atoms with van der Waals surface area (Å²) in [5.41, 5.74) is 7.70. The third-order valence-corrected chi connectivity index (χ3v) is 5.05. The van der Waals surface area contributed by atoms with Gasteiger partial charge in [0.25, 0.3) is 5.91 Å². The maximum Gasteiger partial charge on any atom is 0.255 e. The Balaban J connectivity index is 1.67. The van der Waals surface area contributed by atoms with Gasteiger partial charge in [0.2, 0.25) is 0 Å². The Labute approximate surface area is 140 Å². The van der Waals surface area contributed by atoms with Gasteiger partial charge >= 0.3 is 0 Å². The van der Waals surface area contributed by atoms with Gasteiger partial charge in [0, 0.05) is 24.0 Å². The van der Waals surface area contributed by atoms with Crippen LogP contribution in [0.5, 0.6) is 5.75 Å². The number of aryl methyl sites for hydroxylation is 1. The topological polar surface area (TPSA) is 55.6 Å². The van der Waals surface area contributed by atoms with Gasteiger partial charge in [0.05, 0.1) is 0 Å². The lowest BCUT2D eigenvalue weighted by atomic mass is 10.2. The first-order chi connectivity index (χ1) is 11.1. The number of rotatable bonds is 8. The minimum atomic E-state index is -0.455. The molecule has 3 rings (SSSR count). The van der Waals surface area contributed by atoms with Crippen molar-refractivity contribution in [1.29, 1.82) is 0 Å². The molecule has 2 aromatic rings. The normalized spacial score (nSPS) is 14.2. The molecular formula is C18H22N2O2S. The number of amides is 1. The number of nitrogens with two attached hydrogens (primary N) is 1. The van der Waals surface area contributed by atoms with E-state index in [9.17, 15) is 4.79 Å². The molecular weight excluding hydrogens is 308 g/mol. The highest BCUT2D eigenvalue weighted by Crippen LogP contribution is 2.31. The van der Waals surface area contributed by atoms with Crippen molar-refractivity contribution in [3.8, 4) is 5.75 Å². The second kappa shape index (κ2) is 7.15. The van der Waals surface area contributed by atoms with Crippen LogP contribution in [0.4, 0.5) is 0 Å². The quantitative estimate of drug-likeness (QED) is 0.809. The second-order valence-electron chi connectivity index (χ2n) is 6.07. The summed E-state index contributed by atoms with van der Waals surface area (Å²) < 4.78 is 5.40. The van der Waals surface area contributed by atoms with Crippen LogP contribution in [-0.4, -0.2) is 23.5 Å². The average molecular weight is 330 g/mol. The van der Waals surface area contributed by atoms with E-state index in [-0.39, 0.29) is 6.61 Å². The molecule has 1 fully saturated rings. The van der Waals surface area contributed by atoms with Gasteiger partial charge in [-0.2, -0.15) is 0 Å². The van der Waals surface area contributed by atoms with Crippen LogP contribution in [0.1, 0.15) is 28.8 Å². The molecule has 1 amide bonds. The SMILES string of the molecule is Cc1ccsc1CN(Cc1cccc(OCC(N)=O)c1)C1CC1. The summed E-state index contributed by atoms with van der Waals surface area (Å²) in [6, 6.07) is 10.8. The molecule has 1 aromatic heterocycles. The first-order valence-electron chi connectivity index (χ1n) is 7.89. The van der Waals surface area contributed by atoms with Crippen LogP contribution in [0.2, 0.25) is 0 Å². The van der Waals surface area contributed by atoms with E-state index in [0.717, 1.165) is 13.1 Å². The van der Waals surface area contributed by atoms with E-state index in [1.54, 1.807) is 0 Å². The fourth-order valence-electron chi connectivity index (χ4n) is 2.63. The molecule has 23 heavy (non-hydrogen) atoms. The maximum absolute atomic E-state index is 10.8. The molecule has 0 radical (unpaired) electrons. The first kappa shape index (κ1) is 16.0. The van der Waals surface area contributed by atoms with Crippen molar-refractivity contribution in [1.82, 2.24) is 4.90 Å². The van der Waals surface area contributed by atoms with Crippen molar-refractivity contribution in [2.45, 2.75) is 38.9 Å². The molecule has 1 aromatic carbocycles. The van der Waals surface area contributed by atoms with Crippen molar-refractivity contribution >= 4 is 17.2 Å². The van der Waals surface area contributed by atoms with Gasteiger partial charge in [0.15, 0.2) is 6.61 Å². The molecule has 0 saturated heterocycles. The molecule has 0 unspecified atom stereocenters. The number of nitrogens with zero attached hydrogens (tertiary/aromatic N) is 1. The predicted octanol–water partition coefficient (Wildman–Crippen LogP) is 3.09. The predicted molar refractivity (Wildman–Crippen MR) is 92.5 cm³/mol. The van der Waals surface area contributed by atoms with Crippen LogP contribution in [-0.2, 0) is 17.9 Å². The zero-order valence-corrected chi connectivity index (χ0v) is 14.1. The Morgan fingerprint density at radius 1 is 1.35 bits per heavy atom. The van der Waals surface area contributed by atoms with Crippen molar-refractivity contribution < 1.29 is 9.53 Å². The Kier molecular flexibility index (Phi) is 4.98. The molecule has 0 atom stereocenters. The number of benzene rings is 1. The van der Waals surface area contributed by atoms with Crippen molar-refractivity contribution in [3.63, 3.8) is 0 Å². The van der Waals surface area contributed by atoms with Crippen LogP contribution in [0.3, 0.4) is 0 Å². The lowest BCUT2D eigenvalue weighted by Gasteiger charge is -2.22. The molecule has 0 spiro atoms. The van der Waals surface area contributed by atoms with Crippen LogP contribution in [0.25, 0.3) is 0 Å². The van der Waals surface area contributed by atoms with Crippen LogP contribution >= 0.6 is 11.3 Å². The number of carbonyl (C=O) groups is 1. The van der Waals surface area contributed by atoms with E-state index in [0.29, 0.717) is 11.8 Å². The first-order valence-corrected chi connectivity index (χ1v) is 8.77. The summed E-state index contributed by atoms with van der Waals surface area (Å²) in [5, 5.41) is 2.16. The molecule has 0 bridgehead atoms. The third kappa shape index (κ3) is 4.56. The summed E-state index contributed by atoms with van der Waals surface area (Å²) in [6.45, 7) is 4.00. The van der Waals surface area contributed by atoms with Gasteiger partial charge in [-0.05, 0) is 54.5 Å². The maximum atomic E-state index is 10.8. The fourth-order valence-corrected chi connectivity index (χ4v) is 3.56. The number of hydrogen-bond donors (Lipinski definition) is 1. The van der Waals surface area contributed by atoms with E-state index >= 15 is 0 Å². The van der Waals surface area contributed by atoms with Gasteiger partial charge < -0.3 is 10.5 Å². The fraction of sp³-hybridized carbons (Fsp3) is 0.389. The molecule has 1 saturated carbocycles.